The molecule has 1 amide bonds. The number of furan rings is 1. The van der Waals surface area contributed by atoms with Crippen LogP contribution in [0.5, 0.6) is 0 Å². The maximum Gasteiger partial charge on any atom is 0.375 e. The zero-order valence-electron chi connectivity index (χ0n) is 17.4. The number of thioether (sulfide) groups is 1. The lowest BCUT2D eigenvalue weighted by molar-refractivity contribution is -0.119. The van der Waals surface area contributed by atoms with Gasteiger partial charge in [0.15, 0.2) is 6.61 Å². The van der Waals surface area contributed by atoms with Crippen LogP contribution in [-0.2, 0) is 15.3 Å². The van der Waals surface area contributed by atoms with Crippen molar-refractivity contribution < 1.29 is 18.7 Å². The smallest absolute Gasteiger partial charge is 0.375 e. The van der Waals surface area contributed by atoms with Gasteiger partial charge in [-0.25, -0.2) is 4.79 Å². The molecule has 1 saturated carbocycles. The number of fused-ring (bicyclic) bond motifs is 1. The average Bonchev–Trinajstić information content (AvgIpc) is 3.18. The molecule has 1 aromatic heterocycles. The Hall–Kier alpha value is -2.15. The van der Waals surface area contributed by atoms with Crippen LogP contribution in [0.25, 0.3) is 11.0 Å². The topological polar surface area (TPSA) is 68.5 Å². The predicted molar refractivity (Wildman–Crippen MR) is 130 cm³/mol. The lowest BCUT2D eigenvalue weighted by Gasteiger charge is -2.20. The minimum Gasteiger partial charge on any atom is -0.450 e. The summed E-state index contributed by atoms with van der Waals surface area (Å²) in [5.74, 6) is -0.394. The van der Waals surface area contributed by atoms with Gasteiger partial charge in [-0.05, 0) is 31.0 Å². The largest absolute Gasteiger partial charge is 0.450 e. The van der Waals surface area contributed by atoms with Gasteiger partial charge in [0, 0.05) is 22.0 Å². The molecule has 1 N–H and O–H groups in total. The summed E-state index contributed by atoms with van der Waals surface area (Å²) in [6, 6.07) is 12.4. The van der Waals surface area contributed by atoms with Crippen LogP contribution in [0.2, 0.25) is 10.0 Å². The van der Waals surface area contributed by atoms with Crippen LogP contribution in [0.4, 0.5) is 5.69 Å². The van der Waals surface area contributed by atoms with E-state index in [9.17, 15) is 9.59 Å². The highest BCUT2D eigenvalue weighted by atomic mass is 35.5. The lowest BCUT2D eigenvalue weighted by atomic mass is 10.0. The first kappa shape index (κ1) is 23.0. The average molecular weight is 492 g/mol. The standard InChI is InChI=1S/C24H23Cl2NO4S/c25-18-10-6-11-19(26)22(18)27-21(28)13-30-24(29)23-17(14-32-15-7-2-1-3-8-15)16-9-4-5-12-20(16)31-23/h4-6,9-12,15H,1-3,7-8,13-14H2,(H,27,28). The minimum absolute atomic E-state index is 0.151. The molecule has 3 aromatic rings. The summed E-state index contributed by atoms with van der Waals surface area (Å²) in [4.78, 5) is 25.1. The monoisotopic (exact) mass is 491 g/mol. The Morgan fingerprint density at radius 2 is 1.75 bits per heavy atom. The number of carbonyl (C=O) groups excluding carboxylic acids is 2. The van der Waals surface area contributed by atoms with Crippen LogP contribution in [0.3, 0.4) is 0 Å². The molecule has 1 heterocycles. The fourth-order valence-corrected chi connectivity index (χ4v) is 5.68. The maximum atomic E-state index is 12.8. The van der Waals surface area contributed by atoms with Crippen molar-refractivity contribution in [2.45, 2.75) is 43.1 Å². The van der Waals surface area contributed by atoms with Crippen LogP contribution in [0.1, 0.15) is 48.2 Å². The zero-order valence-corrected chi connectivity index (χ0v) is 19.7. The number of halogens is 2. The second-order valence-electron chi connectivity index (χ2n) is 7.70. The highest BCUT2D eigenvalue weighted by molar-refractivity contribution is 7.99. The molecule has 1 aliphatic rings. The van der Waals surface area contributed by atoms with Crippen molar-refractivity contribution in [3.05, 3.63) is 63.8 Å². The molecule has 0 radical (unpaired) electrons. The van der Waals surface area contributed by atoms with Crippen LogP contribution < -0.4 is 5.32 Å². The SMILES string of the molecule is O=C(COC(=O)c1oc2ccccc2c1CSC1CCCCC1)Nc1c(Cl)cccc1Cl. The number of rotatable bonds is 7. The molecule has 0 atom stereocenters. The van der Waals surface area contributed by atoms with Crippen LogP contribution in [0.15, 0.2) is 46.9 Å². The number of hydrogen-bond acceptors (Lipinski definition) is 5. The molecule has 5 nitrogen and oxygen atoms in total. The number of nitrogens with one attached hydrogen (secondary N) is 1. The van der Waals surface area contributed by atoms with Crippen LogP contribution in [-0.4, -0.2) is 23.7 Å². The summed E-state index contributed by atoms with van der Waals surface area (Å²) in [6.45, 7) is -0.480. The van der Waals surface area contributed by atoms with Gasteiger partial charge in [0.2, 0.25) is 5.76 Å². The van der Waals surface area contributed by atoms with E-state index in [-0.39, 0.29) is 11.4 Å². The number of hydrogen-bond donors (Lipinski definition) is 1. The van der Waals surface area contributed by atoms with Gasteiger partial charge in [0.05, 0.1) is 15.7 Å². The fraction of sp³-hybridized carbons (Fsp3) is 0.333. The fourth-order valence-electron chi connectivity index (χ4n) is 3.83. The van der Waals surface area contributed by atoms with E-state index in [1.165, 1.54) is 32.1 Å². The third-order valence-electron chi connectivity index (χ3n) is 5.46. The molecule has 8 heteroatoms. The second-order valence-corrected chi connectivity index (χ2v) is 9.80. The molecular weight excluding hydrogens is 469 g/mol. The quantitative estimate of drug-likeness (QED) is 0.356. The molecule has 168 valence electrons. The van der Waals surface area contributed by atoms with Crippen molar-refractivity contribution in [3.63, 3.8) is 0 Å². The molecule has 1 fully saturated rings. The van der Waals surface area contributed by atoms with E-state index >= 15 is 0 Å². The van der Waals surface area contributed by atoms with E-state index in [4.69, 9.17) is 32.4 Å². The molecule has 1 aliphatic carbocycles. The van der Waals surface area contributed by atoms with Crippen molar-refractivity contribution in [2.24, 2.45) is 0 Å². The summed E-state index contributed by atoms with van der Waals surface area (Å²) in [5.41, 5.74) is 1.73. The molecular formula is C24H23Cl2NO4S. The van der Waals surface area contributed by atoms with Gasteiger partial charge < -0.3 is 14.5 Å². The summed E-state index contributed by atoms with van der Waals surface area (Å²) >= 11 is 14.0. The number of ether oxygens (including phenoxy) is 1. The van der Waals surface area contributed by atoms with Crippen LogP contribution in [0, 0.1) is 0 Å². The summed E-state index contributed by atoms with van der Waals surface area (Å²) in [7, 11) is 0. The molecule has 32 heavy (non-hydrogen) atoms. The van der Waals surface area contributed by atoms with Gasteiger partial charge in [-0.1, -0.05) is 66.7 Å². The van der Waals surface area contributed by atoms with E-state index < -0.39 is 18.5 Å². The van der Waals surface area contributed by atoms with E-state index in [0.717, 1.165) is 10.9 Å². The number of anilines is 1. The van der Waals surface area contributed by atoms with Gasteiger partial charge in [0.25, 0.3) is 5.91 Å². The third kappa shape index (κ3) is 5.42. The van der Waals surface area contributed by atoms with E-state index in [1.807, 2.05) is 36.0 Å². The molecule has 0 aliphatic heterocycles. The Bertz CT molecular complexity index is 1100. The van der Waals surface area contributed by atoms with E-state index in [0.29, 0.717) is 26.6 Å². The first-order chi connectivity index (χ1) is 15.5. The van der Waals surface area contributed by atoms with Crippen molar-refractivity contribution in [1.29, 1.82) is 0 Å². The molecule has 0 bridgehead atoms. The third-order valence-corrected chi connectivity index (χ3v) is 7.49. The second kappa shape index (κ2) is 10.6. The van der Waals surface area contributed by atoms with Gasteiger partial charge >= 0.3 is 5.97 Å². The van der Waals surface area contributed by atoms with Gasteiger partial charge in [-0.15, -0.1) is 0 Å². The number of amides is 1. The highest BCUT2D eigenvalue weighted by Crippen LogP contribution is 2.35. The Morgan fingerprint density at radius 3 is 2.50 bits per heavy atom. The van der Waals surface area contributed by atoms with E-state index in [1.54, 1.807) is 18.2 Å². The van der Waals surface area contributed by atoms with Crippen LogP contribution >= 0.6 is 35.0 Å². The van der Waals surface area contributed by atoms with Crippen molar-refractivity contribution in [2.75, 3.05) is 11.9 Å². The van der Waals surface area contributed by atoms with Gasteiger partial charge in [-0.2, -0.15) is 11.8 Å². The normalized spacial score (nSPS) is 14.4. The number of carbonyl (C=O) groups is 2. The zero-order chi connectivity index (χ0) is 22.5. The summed E-state index contributed by atoms with van der Waals surface area (Å²) < 4.78 is 11.1. The first-order valence-electron chi connectivity index (χ1n) is 10.6. The minimum atomic E-state index is -0.666. The molecule has 0 unspecified atom stereocenters. The van der Waals surface area contributed by atoms with Crippen molar-refractivity contribution in [1.82, 2.24) is 0 Å². The van der Waals surface area contributed by atoms with E-state index in [2.05, 4.69) is 5.32 Å². The van der Waals surface area contributed by atoms with Crippen molar-refractivity contribution in [3.8, 4) is 0 Å². The van der Waals surface area contributed by atoms with Gasteiger partial charge in [-0.3, -0.25) is 4.79 Å². The van der Waals surface area contributed by atoms with Gasteiger partial charge in [0.1, 0.15) is 5.58 Å². The first-order valence-corrected chi connectivity index (χ1v) is 12.4. The summed E-state index contributed by atoms with van der Waals surface area (Å²) in [5, 5.41) is 4.67. The number of esters is 1. The molecule has 2 aromatic carbocycles. The Labute approximate surface area is 200 Å². The molecule has 4 rings (SSSR count). The maximum absolute atomic E-state index is 12.8. The Balaban J connectivity index is 1.45. The Kier molecular flexibility index (Phi) is 7.66. The number of para-hydroxylation sites is 2. The molecule has 0 spiro atoms. The Morgan fingerprint density at radius 1 is 1.03 bits per heavy atom. The molecule has 0 saturated heterocycles. The lowest BCUT2D eigenvalue weighted by Crippen LogP contribution is -2.21. The number of benzene rings is 2. The van der Waals surface area contributed by atoms with Crippen molar-refractivity contribution >= 4 is 63.5 Å². The summed E-state index contributed by atoms with van der Waals surface area (Å²) in [6.07, 6.45) is 6.20. The predicted octanol–water partition coefficient (Wildman–Crippen LogP) is 7.10. The highest BCUT2D eigenvalue weighted by Gasteiger charge is 2.24.